The Morgan fingerprint density at radius 2 is 1.64 bits per heavy atom. The van der Waals surface area contributed by atoms with Crippen molar-refractivity contribution in [3.63, 3.8) is 0 Å². The molecule has 5 saturated heterocycles. The first-order valence-corrected chi connectivity index (χ1v) is 33.7. The van der Waals surface area contributed by atoms with Gasteiger partial charge in [0.15, 0.2) is 36.2 Å². The number of nitrogens with one attached hydrogen (secondary N) is 4. The van der Waals surface area contributed by atoms with Crippen molar-refractivity contribution in [3.8, 4) is 40.9 Å². The molecule has 1 aliphatic carbocycles. The molecule has 89 heavy (non-hydrogen) atoms. The number of aliphatic hydroxyl groups is 5. The van der Waals surface area contributed by atoms with Gasteiger partial charge in [-0.3, -0.25) is 19.7 Å². The molecule has 5 aliphatic heterocycles. The second-order valence-electron chi connectivity index (χ2n) is 22.1. The van der Waals surface area contributed by atoms with Crippen molar-refractivity contribution in [2.75, 3.05) is 67.5 Å². The van der Waals surface area contributed by atoms with Crippen LogP contribution in [0.3, 0.4) is 0 Å². The second kappa shape index (κ2) is 34.2. The van der Waals surface area contributed by atoms with E-state index in [9.17, 15) is 39.9 Å². The lowest BCUT2D eigenvalue weighted by molar-refractivity contribution is -0.336. The van der Waals surface area contributed by atoms with Gasteiger partial charge in [0.2, 0.25) is 17.2 Å². The number of carbonyl (C=O) groups excluding carboxylic acids is 3. The molecule has 496 valence electrons. The minimum absolute atomic E-state index is 0.0266. The molecule has 1 aromatic rings. The van der Waals surface area contributed by atoms with Gasteiger partial charge in [-0.25, -0.2) is 4.79 Å². The Kier molecular flexibility index (Phi) is 28.1. The van der Waals surface area contributed by atoms with E-state index in [1.807, 2.05) is 29.5 Å². The largest absolute Gasteiger partial charge is 0.492 e. The van der Waals surface area contributed by atoms with Gasteiger partial charge in [-0.2, -0.15) is 5.48 Å². The molecule has 5 heterocycles. The van der Waals surface area contributed by atoms with Gasteiger partial charge in [0, 0.05) is 56.6 Å². The lowest BCUT2D eigenvalue weighted by atomic mass is 9.76. The summed E-state index contributed by atoms with van der Waals surface area (Å²) in [5.74, 6) is 11.5. The molecule has 5 fully saturated rings. The van der Waals surface area contributed by atoms with Crippen molar-refractivity contribution in [3.05, 3.63) is 49.8 Å². The average molecular weight is 1420 g/mol. The minimum Gasteiger partial charge on any atom is -0.492 e. The molecule has 0 radical (unpaired) electrons. The number of hydroxylamine groups is 1. The maximum Gasteiger partial charge on any atom is 0.411 e. The third-order valence-electron chi connectivity index (χ3n) is 16.0. The Bertz CT molecular complexity index is 2810. The number of carbonyl (C=O) groups is 3. The van der Waals surface area contributed by atoms with Gasteiger partial charge in [-0.05, 0) is 107 Å². The standard InChI is InChI=1S/C60H85IN4O21S3/c1-13-15-16-17-18-19-38(43-34(21-23-87-89-33-20-22-62-27-33)60(7,73)26-37(67)46(43)64-59(72)78-12)83-58-53(84-40-25-39(74-8)35(28-79-40)63-14-2)48(69)45(30(4)81-58)65-86-41-24-36(66)55(32(6)80-41)88-56(71)42-29(3)44(61)51(54(77-11)50(42)75-9)85-57-49(70)52(76-10)47(68)31(5)82-57/h16-17,21,30-33,35-36,38-41,45,47-49,52-53,55,57-58,62-63,65-66,68-70,73H,14,20,22-28H2,1-12H3,(H,64,72)/b17-16-,34-21+/t30-,31+,32-,33-,35+,36+,38+,39+,40+,41+,45-,47+,48-,49-,52-,53-,55-,57+,58+,60+/m1/s1. The Balaban J connectivity index is 1.14. The summed E-state index contributed by atoms with van der Waals surface area (Å²) in [5, 5.41) is 66.6. The van der Waals surface area contributed by atoms with Crippen molar-refractivity contribution in [2.45, 2.75) is 195 Å². The number of allylic oxidation sites excluding steroid dienone is 3. The zero-order chi connectivity index (χ0) is 64.9. The summed E-state index contributed by atoms with van der Waals surface area (Å²) in [6.45, 7) is 14.4. The summed E-state index contributed by atoms with van der Waals surface area (Å²) in [5.41, 5.74) is 1.76. The third kappa shape index (κ3) is 17.9. The number of benzene rings is 1. The Morgan fingerprint density at radius 3 is 2.29 bits per heavy atom. The molecule has 25 nitrogen and oxygen atoms in total. The van der Waals surface area contributed by atoms with Crippen LogP contribution in [0.15, 0.2) is 35.1 Å². The zero-order valence-electron chi connectivity index (χ0n) is 51.9. The van der Waals surface area contributed by atoms with Crippen LogP contribution >= 0.6 is 55.9 Å². The zero-order valence-corrected chi connectivity index (χ0v) is 56.5. The number of rotatable bonds is 23. The number of hydrogen-bond acceptors (Lipinski definition) is 27. The fraction of sp³-hybridized carbons (Fsp3) is 0.683. The van der Waals surface area contributed by atoms with Gasteiger partial charge in [0.25, 0.3) is 0 Å². The second-order valence-corrected chi connectivity index (χ2v) is 27.0. The average Bonchev–Trinajstić information content (AvgIpc) is 0.993. The van der Waals surface area contributed by atoms with Crippen LogP contribution in [0.2, 0.25) is 0 Å². The van der Waals surface area contributed by atoms with Crippen LogP contribution < -0.4 is 35.6 Å². The molecular weight excluding hydrogens is 1340 g/mol. The number of halogens is 1. The summed E-state index contributed by atoms with van der Waals surface area (Å²) in [7, 11) is 10.1. The van der Waals surface area contributed by atoms with Gasteiger partial charge in [-0.1, -0.05) is 64.1 Å². The smallest absolute Gasteiger partial charge is 0.411 e. The molecule has 0 saturated carbocycles. The van der Waals surface area contributed by atoms with Gasteiger partial charge >= 0.3 is 6.09 Å². The number of alkyl carbamates (subject to hydrolysis) is 1. The maximum absolute atomic E-state index is 14.5. The molecule has 9 N–H and O–H groups in total. The highest BCUT2D eigenvalue weighted by Gasteiger charge is 2.52. The Morgan fingerprint density at radius 1 is 0.910 bits per heavy atom. The number of thioether (sulfide) groups is 1. The predicted molar refractivity (Wildman–Crippen MR) is 339 cm³/mol. The van der Waals surface area contributed by atoms with Crippen molar-refractivity contribution < 1.29 is 102 Å². The molecule has 0 bridgehead atoms. The topological polar surface area (TPSA) is 320 Å². The summed E-state index contributed by atoms with van der Waals surface area (Å²) in [4.78, 5) is 47.9. The Hall–Kier alpha value is -3.33. The molecule has 7 rings (SSSR count). The normalized spacial score (nSPS) is 34.9. The molecule has 20 atom stereocenters. The number of amides is 1. The SMILES string of the molecule is CC#C/C=C\C#C[C@H](O[C@@H]1O[C@H](C)[C@@H](NO[C@H]2C[C@H](O)[C@H](SC(=O)c3c(C)c(I)c(O[C@@H]4O[C@@H](C)[C@H](O)[C@@H](OC)[C@H]4O)c(OC)c3OC)[C@@H](C)O2)[C@@H](O)[C@H]1O[C@H]1C[C@H](OC)[C@@H](NCC)CO1)C1=C(NC(=O)OC)C(=O)C[C@](C)(O)/C1=C/CSS[C@@H]1CCNC1. The quantitative estimate of drug-likeness (QED) is 0.0250. The van der Waals surface area contributed by atoms with E-state index < -0.39 is 127 Å². The fourth-order valence-corrected chi connectivity index (χ4v) is 15.5. The highest BCUT2D eigenvalue weighted by atomic mass is 127. The summed E-state index contributed by atoms with van der Waals surface area (Å²) >= 11 is 2.83. The molecular formula is C60H85IN4O21S3. The molecule has 29 heteroatoms. The molecule has 1 amide bonds. The number of likely N-dealkylation sites (N-methyl/N-ethyl adjacent to an activating group) is 1. The molecule has 0 aromatic heterocycles. The molecule has 1 aromatic carbocycles. The molecule has 0 spiro atoms. The number of ether oxygens (including phenoxy) is 12. The first kappa shape index (κ1) is 73.1. The van der Waals surface area contributed by atoms with Crippen LogP contribution in [0.1, 0.15) is 83.1 Å². The highest BCUT2D eigenvalue weighted by molar-refractivity contribution is 14.1. The first-order valence-electron chi connectivity index (χ1n) is 29.3. The number of methoxy groups -OCH3 is 5. The van der Waals surface area contributed by atoms with Crippen molar-refractivity contribution in [1.29, 1.82) is 0 Å². The van der Waals surface area contributed by atoms with Gasteiger partial charge in [-0.15, -0.1) is 5.92 Å². The molecule has 6 aliphatic rings. The molecule has 0 unspecified atom stereocenters. The first-order chi connectivity index (χ1) is 42.6. The van der Waals surface area contributed by atoms with Crippen molar-refractivity contribution in [2.24, 2.45) is 0 Å². The third-order valence-corrected chi connectivity index (χ3v) is 21.4. The van der Waals surface area contributed by atoms with E-state index in [4.69, 9.17) is 61.7 Å². The number of aliphatic hydroxyl groups excluding tert-OH is 4. The summed E-state index contributed by atoms with van der Waals surface area (Å²) in [6, 6.07) is -1.28. The van der Waals surface area contributed by atoms with Crippen LogP contribution in [0, 0.1) is 34.2 Å². The van der Waals surface area contributed by atoms with E-state index in [-0.39, 0.29) is 71.2 Å². The van der Waals surface area contributed by atoms with Crippen molar-refractivity contribution in [1.82, 2.24) is 21.4 Å². The predicted octanol–water partition coefficient (Wildman–Crippen LogP) is 3.31. The van der Waals surface area contributed by atoms with E-state index in [2.05, 4.69) is 45.1 Å². The number of Topliss-reactive ketones (excluding diaryl/α,β-unsaturated/α-hetero) is 1. The number of ketones is 1. The van der Waals surface area contributed by atoms with Crippen LogP contribution in [-0.2, 0) is 52.3 Å². The monoisotopic (exact) mass is 1420 g/mol. The summed E-state index contributed by atoms with van der Waals surface area (Å²) in [6.07, 6.45) is -12.5. The van der Waals surface area contributed by atoms with E-state index in [1.165, 1.54) is 40.4 Å². The minimum atomic E-state index is -1.78. The summed E-state index contributed by atoms with van der Waals surface area (Å²) < 4.78 is 73.0. The van der Waals surface area contributed by atoms with Crippen LogP contribution in [0.4, 0.5) is 4.79 Å². The van der Waals surface area contributed by atoms with E-state index in [0.29, 0.717) is 26.7 Å². The highest BCUT2D eigenvalue weighted by Crippen LogP contribution is 2.49. The van der Waals surface area contributed by atoms with Gasteiger partial charge in [0.05, 0.1) is 96.2 Å². The van der Waals surface area contributed by atoms with Crippen LogP contribution in [-0.4, -0.2) is 231 Å². The number of hydrogen-bond donors (Lipinski definition) is 9. The maximum atomic E-state index is 14.5. The van der Waals surface area contributed by atoms with Gasteiger partial charge in [0.1, 0.15) is 36.6 Å². The van der Waals surface area contributed by atoms with Gasteiger partial charge < -0.3 is 93.0 Å². The lowest BCUT2D eigenvalue weighted by Gasteiger charge is -2.46. The van der Waals surface area contributed by atoms with E-state index >= 15 is 0 Å². The van der Waals surface area contributed by atoms with E-state index in [1.54, 1.807) is 69.4 Å². The fourth-order valence-electron chi connectivity index (χ4n) is 11.3. The van der Waals surface area contributed by atoms with Crippen molar-refractivity contribution >= 4 is 72.9 Å². The van der Waals surface area contributed by atoms with Crippen LogP contribution in [0.5, 0.6) is 17.2 Å². The van der Waals surface area contributed by atoms with E-state index in [0.717, 1.165) is 38.4 Å². The van der Waals surface area contributed by atoms with Crippen LogP contribution in [0.25, 0.3) is 0 Å². The lowest BCUT2D eigenvalue weighted by Crippen LogP contribution is -2.65. The Labute approximate surface area is 545 Å².